The predicted octanol–water partition coefficient (Wildman–Crippen LogP) is 5.10. The van der Waals surface area contributed by atoms with Crippen LogP contribution in [-0.4, -0.2) is 53.5 Å². The second-order valence-corrected chi connectivity index (χ2v) is 9.11. The normalized spacial score (nSPS) is 13.1. The number of carbonyl (C=O) groups is 1. The number of carbonyl (C=O) groups excluding carboxylic acids is 1. The fraction of sp³-hybridized carbons (Fsp3) is 0.370. The molecule has 1 aliphatic heterocycles. The SMILES string of the molecule is CCN(CC)CCNC(=O)c1cccc(-c2cnc3c(n2)N(Cc2c(F)ccc(F)c2Cl)CCC3)c1. The second-order valence-electron chi connectivity index (χ2n) is 8.74. The Morgan fingerprint density at radius 1 is 1.17 bits per heavy atom. The number of benzene rings is 2. The number of aryl methyl sites for hydroxylation is 1. The van der Waals surface area contributed by atoms with E-state index in [2.05, 4.69) is 29.0 Å². The molecule has 1 aliphatic rings. The maximum Gasteiger partial charge on any atom is 0.251 e. The Kier molecular flexibility index (Phi) is 8.48. The van der Waals surface area contributed by atoms with Gasteiger partial charge in [0.25, 0.3) is 5.91 Å². The van der Waals surface area contributed by atoms with Gasteiger partial charge in [0.05, 0.1) is 22.6 Å². The number of nitrogens with zero attached hydrogens (tertiary/aromatic N) is 4. The number of fused-ring (bicyclic) bond motifs is 1. The third-order valence-electron chi connectivity index (χ3n) is 6.48. The van der Waals surface area contributed by atoms with Crippen molar-refractivity contribution in [3.63, 3.8) is 0 Å². The van der Waals surface area contributed by atoms with Crippen LogP contribution in [0.1, 0.15) is 41.9 Å². The minimum atomic E-state index is -0.655. The summed E-state index contributed by atoms with van der Waals surface area (Å²) in [6.45, 7) is 8.13. The van der Waals surface area contributed by atoms with E-state index in [0.29, 0.717) is 30.2 Å². The second kappa shape index (κ2) is 11.8. The molecule has 2 aromatic carbocycles. The first-order valence-electron chi connectivity index (χ1n) is 12.3. The number of hydrogen-bond acceptors (Lipinski definition) is 5. The first kappa shape index (κ1) is 26.0. The van der Waals surface area contributed by atoms with Crippen molar-refractivity contribution in [1.82, 2.24) is 20.2 Å². The molecule has 36 heavy (non-hydrogen) atoms. The van der Waals surface area contributed by atoms with Gasteiger partial charge in [-0.2, -0.15) is 0 Å². The van der Waals surface area contributed by atoms with Crippen LogP contribution >= 0.6 is 11.6 Å². The highest BCUT2D eigenvalue weighted by Gasteiger charge is 2.24. The van der Waals surface area contributed by atoms with Crippen molar-refractivity contribution < 1.29 is 13.6 Å². The lowest BCUT2D eigenvalue weighted by Crippen LogP contribution is -2.34. The number of hydrogen-bond donors (Lipinski definition) is 1. The van der Waals surface area contributed by atoms with E-state index in [1.807, 2.05) is 17.0 Å². The van der Waals surface area contributed by atoms with Gasteiger partial charge in [0.2, 0.25) is 0 Å². The van der Waals surface area contributed by atoms with Crippen molar-refractivity contribution in [3.8, 4) is 11.3 Å². The fourth-order valence-corrected chi connectivity index (χ4v) is 4.58. The highest BCUT2D eigenvalue weighted by Crippen LogP contribution is 2.31. The fourth-order valence-electron chi connectivity index (χ4n) is 4.36. The molecule has 3 aromatic rings. The van der Waals surface area contributed by atoms with E-state index in [0.717, 1.165) is 55.9 Å². The summed E-state index contributed by atoms with van der Waals surface area (Å²) >= 11 is 6.07. The van der Waals surface area contributed by atoms with Crippen molar-refractivity contribution in [2.24, 2.45) is 0 Å². The topological polar surface area (TPSA) is 61.4 Å². The Bertz CT molecular complexity index is 1230. The molecule has 1 amide bonds. The number of amides is 1. The van der Waals surface area contributed by atoms with Crippen molar-refractivity contribution >= 4 is 23.3 Å². The zero-order valence-electron chi connectivity index (χ0n) is 20.5. The number of rotatable bonds is 9. The lowest BCUT2D eigenvalue weighted by Gasteiger charge is -2.30. The number of likely N-dealkylation sites (N-methyl/N-ethyl adjacent to an activating group) is 1. The Labute approximate surface area is 215 Å². The molecule has 9 heteroatoms. The van der Waals surface area contributed by atoms with Crippen LogP contribution in [0.4, 0.5) is 14.6 Å². The molecule has 4 rings (SSSR count). The molecule has 0 saturated carbocycles. The zero-order valence-corrected chi connectivity index (χ0v) is 21.3. The smallest absolute Gasteiger partial charge is 0.251 e. The lowest BCUT2D eigenvalue weighted by atomic mass is 10.1. The molecular weight excluding hydrogens is 484 g/mol. The van der Waals surface area contributed by atoms with Crippen LogP contribution in [0.2, 0.25) is 5.02 Å². The van der Waals surface area contributed by atoms with E-state index < -0.39 is 11.6 Å². The van der Waals surface area contributed by atoms with E-state index in [9.17, 15) is 13.6 Å². The Morgan fingerprint density at radius 2 is 1.94 bits per heavy atom. The zero-order chi connectivity index (χ0) is 25.7. The first-order chi connectivity index (χ1) is 17.4. The largest absolute Gasteiger partial charge is 0.351 e. The molecule has 0 radical (unpaired) electrons. The molecule has 1 aromatic heterocycles. The van der Waals surface area contributed by atoms with Crippen molar-refractivity contribution in [1.29, 1.82) is 0 Å². The molecule has 0 fully saturated rings. The van der Waals surface area contributed by atoms with Gasteiger partial charge in [0.1, 0.15) is 11.6 Å². The number of anilines is 1. The van der Waals surface area contributed by atoms with Gasteiger partial charge in [0, 0.05) is 42.9 Å². The van der Waals surface area contributed by atoms with Gasteiger partial charge in [-0.15, -0.1) is 0 Å². The van der Waals surface area contributed by atoms with Crippen LogP contribution in [0.25, 0.3) is 11.3 Å². The lowest BCUT2D eigenvalue weighted by molar-refractivity contribution is 0.0949. The van der Waals surface area contributed by atoms with E-state index >= 15 is 0 Å². The van der Waals surface area contributed by atoms with Gasteiger partial charge >= 0.3 is 0 Å². The van der Waals surface area contributed by atoms with Crippen LogP contribution in [0, 0.1) is 11.6 Å². The van der Waals surface area contributed by atoms with E-state index in [1.165, 1.54) is 0 Å². The third kappa shape index (κ3) is 5.82. The van der Waals surface area contributed by atoms with Gasteiger partial charge in [0.15, 0.2) is 5.82 Å². The van der Waals surface area contributed by atoms with Gasteiger partial charge < -0.3 is 15.1 Å². The van der Waals surface area contributed by atoms with Crippen LogP contribution in [0.3, 0.4) is 0 Å². The van der Waals surface area contributed by atoms with Gasteiger partial charge in [-0.3, -0.25) is 9.78 Å². The quantitative estimate of drug-likeness (QED) is 0.403. The standard InChI is InChI=1S/C27H30ClF2N5O/c1-3-34(4-2)14-12-31-27(36)19-8-5-7-18(15-19)24-16-32-23-9-6-13-35(26(23)33-24)17-20-21(29)10-11-22(30)25(20)28/h5,7-8,10-11,15-16H,3-4,6,9,12-14,17H2,1-2H3,(H,31,36). The Hall–Kier alpha value is -3.10. The molecule has 2 heterocycles. The highest BCUT2D eigenvalue weighted by atomic mass is 35.5. The van der Waals surface area contributed by atoms with Crippen LogP contribution in [0.5, 0.6) is 0 Å². The predicted molar refractivity (Wildman–Crippen MR) is 138 cm³/mol. The number of nitrogens with one attached hydrogen (secondary N) is 1. The number of halogens is 3. The van der Waals surface area contributed by atoms with Gasteiger partial charge in [-0.05, 0) is 50.2 Å². The maximum atomic E-state index is 14.4. The summed E-state index contributed by atoms with van der Waals surface area (Å²) in [6.07, 6.45) is 3.25. The van der Waals surface area contributed by atoms with Crippen LogP contribution in [0.15, 0.2) is 42.6 Å². The molecular formula is C27H30ClF2N5O. The minimum absolute atomic E-state index is 0.0859. The molecule has 6 nitrogen and oxygen atoms in total. The van der Waals surface area contributed by atoms with Crippen LogP contribution < -0.4 is 10.2 Å². The summed E-state index contributed by atoms with van der Waals surface area (Å²) < 4.78 is 28.4. The molecule has 1 N–H and O–H groups in total. The molecule has 0 unspecified atom stereocenters. The summed E-state index contributed by atoms with van der Waals surface area (Å²) in [5.74, 6) is -0.741. The molecule has 0 bridgehead atoms. The summed E-state index contributed by atoms with van der Waals surface area (Å²) in [5, 5.41) is 2.76. The van der Waals surface area contributed by atoms with Crippen molar-refractivity contribution in [2.75, 3.05) is 37.6 Å². The molecule has 190 valence electrons. The molecule has 0 atom stereocenters. The monoisotopic (exact) mass is 513 g/mol. The number of aromatic nitrogens is 2. The molecule has 0 spiro atoms. The third-order valence-corrected chi connectivity index (χ3v) is 6.89. The summed E-state index contributed by atoms with van der Waals surface area (Å²) in [4.78, 5) is 26.3. The molecule has 0 aliphatic carbocycles. The average molecular weight is 514 g/mol. The Balaban J connectivity index is 1.55. The van der Waals surface area contributed by atoms with Gasteiger partial charge in [-0.25, -0.2) is 13.8 Å². The first-order valence-corrected chi connectivity index (χ1v) is 12.6. The Morgan fingerprint density at radius 3 is 2.72 bits per heavy atom. The summed E-state index contributed by atoms with van der Waals surface area (Å²) in [7, 11) is 0. The van der Waals surface area contributed by atoms with Gasteiger partial charge in [-0.1, -0.05) is 37.6 Å². The highest BCUT2D eigenvalue weighted by molar-refractivity contribution is 6.31. The van der Waals surface area contributed by atoms with Crippen molar-refractivity contribution in [3.05, 3.63) is 76.1 Å². The molecule has 0 saturated heterocycles. The van der Waals surface area contributed by atoms with Crippen LogP contribution in [-0.2, 0) is 13.0 Å². The van der Waals surface area contributed by atoms with E-state index in [1.54, 1.807) is 18.3 Å². The van der Waals surface area contributed by atoms with E-state index in [-0.39, 0.29) is 23.0 Å². The minimum Gasteiger partial charge on any atom is -0.351 e. The summed E-state index contributed by atoms with van der Waals surface area (Å²) in [6, 6.07) is 9.36. The maximum absolute atomic E-state index is 14.4. The van der Waals surface area contributed by atoms with Crippen molar-refractivity contribution in [2.45, 2.75) is 33.2 Å². The average Bonchev–Trinajstić information content (AvgIpc) is 2.91. The summed E-state index contributed by atoms with van der Waals surface area (Å²) in [5.41, 5.74) is 2.78. The van der Waals surface area contributed by atoms with E-state index in [4.69, 9.17) is 16.6 Å².